The van der Waals surface area contributed by atoms with E-state index in [0.717, 1.165) is 6.42 Å². The van der Waals surface area contributed by atoms with E-state index in [0.29, 0.717) is 4.83 Å². The van der Waals surface area contributed by atoms with Crippen molar-refractivity contribution < 1.29 is 0 Å². The summed E-state index contributed by atoms with van der Waals surface area (Å²) in [5.74, 6) is 0. The van der Waals surface area contributed by atoms with Gasteiger partial charge in [0.2, 0.25) is 0 Å². The van der Waals surface area contributed by atoms with Crippen LogP contribution in [0.25, 0.3) is 0 Å². The highest BCUT2D eigenvalue weighted by molar-refractivity contribution is 9.09. The van der Waals surface area contributed by atoms with Crippen molar-refractivity contribution in [2.75, 3.05) is 0 Å². The molecule has 2 heteroatoms. The Balaban J connectivity index is 2.14. The second kappa shape index (κ2) is 5.36. The van der Waals surface area contributed by atoms with E-state index in [4.69, 9.17) is 0 Å². The molecule has 0 radical (unpaired) electrons. The van der Waals surface area contributed by atoms with Gasteiger partial charge in [0.15, 0.2) is 0 Å². The van der Waals surface area contributed by atoms with Crippen molar-refractivity contribution in [3.63, 3.8) is 0 Å². The first-order chi connectivity index (χ1) is 8.06. The van der Waals surface area contributed by atoms with Crippen LogP contribution in [0.15, 0.2) is 30.3 Å². The third-order valence-electron chi connectivity index (χ3n) is 2.90. The van der Waals surface area contributed by atoms with Crippen molar-refractivity contribution in [3.8, 4) is 0 Å². The fourth-order valence-electron chi connectivity index (χ4n) is 1.99. The molecule has 2 rings (SSSR count). The first-order valence-corrected chi connectivity index (χ1v) is 7.56. The minimum Gasteiger partial charge on any atom is -0.144 e. The molecular weight excluding hydrogens is 292 g/mol. The molecule has 0 saturated carbocycles. The molecular formula is C15H17BrS. The fourth-order valence-corrected chi connectivity index (χ4v) is 4.02. The van der Waals surface area contributed by atoms with Crippen molar-refractivity contribution in [1.82, 2.24) is 0 Å². The molecule has 0 spiro atoms. The predicted octanol–water partition coefficient (Wildman–Crippen LogP) is 5.35. The first-order valence-electron chi connectivity index (χ1n) is 5.83. The quantitative estimate of drug-likeness (QED) is 0.670. The van der Waals surface area contributed by atoms with Gasteiger partial charge >= 0.3 is 0 Å². The Morgan fingerprint density at radius 2 is 1.76 bits per heavy atom. The maximum Gasteiger partial charge on any atom is 0.0532 e. The Hall–Kier alpha value is -0.600. The predicted molar refractivity (Wildman–Crippen MR) is 80.3 cm³/mol. The zero-order valence-corrected chi connectivity index (χ0v) is 12.9. The van der Waals surface area contributed by atoms with Gasteiger partial charge < -0.3 is 0 Å². The first kappa shape index (κ1) is 12.8. The van der Waals surface area contributed by atoms with Gasteiger partial charge in [-0.25, -0.2) is 0 Å². The van der Waals surface area contributed by atoms with Gasteiger partial charge in [0, 0.05) is 9.75 Å². The number of thiophene rings is 1. The zero-order chi connectivity index (χ0) is 12.4. The lowest BCUT2D eigenvalue weighted by atomic mass is 10.1. The lowest BCUT2D eigenvalue weighted by molar-refractivity contribution is 0.960. The molecule has 0 aliphatic carbocycles. The molecule has 1 unspecified atom stereocenters. The SMILES string of the molecule is Cc1ccc(CC(Br)c2sc(C)cc2C)cc1. The Labute approximate surface area is 116 Å². The van der Waals surface area contributed by atoms with Gasteiger partial charge in [0.1, 0.15) is 0 Å². The van der Waals surface area contributed by atoms with E-state index in [-0.39, 0.29) is 0 Å². The van der Waals surface area contributed by atoms with E-state index in [1.807, 2.05) is 11.3 Å². The highest BCUT2D eigenvalue weighted by Crippen LogP contribution is 2.35. The monoisotopic (exact) mass is 308 g/mol. The normalized spacial score (nSPS) is 12.7. The van der Waals surface area contributed by atoms with Crippen LogP contribution in [0, 0.1) is 20.8 Å². The average molecular weight is 309 g/mol. The number of benzene rings is 1. The van der Waals surface area contributed by atoms with Crippen molar-refractivity contribution in [2.45, 2.75) is 32.0 Å². The van der Waals surface area contributed by atoms with Crippen LogP contribution in [0.5, 0.6) is 0 Å². The van der Waals surface area contributed by atoms with Crippen LogP contribution >= 0.6 is 27.3 Å². The summed E-state index contributed by atoms with van der Waals surface area (Å²) >= 11 is 5.71. The maximum atomic E-state index is 3.82. The highest BCUT2D eigenvalue weighted by atomic mass is 79.9. The number of halogens is 1. The summed E-state index contributed by atoms with van der Waals surface area (Å²) in [6.45, 7) is 6.50. The number of hydrogen-bond acceptors (Lipinski definition) is 1. The average Bonchev–Trinajstić information content (AvgIpc) is 2.61. The lowest BCUT2D eigenvalue weighted by Gasteiger charge is -2.09. The van der Waals surface area contributed by atoms with Gasteiger partial charge in [-0.05, 0) is 44.4 Å². The standard InChI is InChI=1S/C15H17BrS/c1-10-4-6-13(7-5-10)9-14(16)15-11(2)8-12(3)17-15/h4-8,14H,9H2,1-3H3. The van der Waals surface area contributed by atoms with Crippen LogP contribution in [0.2, 0.25) is 0 Å². The summed E-state index contributed by atoms with van der Waals surface area (Å²) in [7, 11) is 0. The largest absolute Gasteiger partial charge is 0.144 e. The molecule has 0 nitrogen and oxygen atoms in total. The molecule has 1 aromatic carbocycles. The molecule has 2 aromatic rings. The molecule has 1 atom stereocenters. The Kier molecular flexibility index (Phi) is 4.05. The van der Waals surface area contributed by atoms with Crippen LogP contribution < -0.4 is 0 Å². The van der Waals surface area contributed by atoms with Crippen molar-refractivity contribution in [3.05, 3.63) is 56.8 Å². The Bertz CT molecular complexity index is 496. The van der Waals surface area contributed by atoms with Gasteiger partial charge in [-0.15, -0.1) is 11.3 Å². The maximum absolute atomic E-state index is 3.82. The molecule has 0 aliphatic heterocycles. The topological polar surface area (TPSA) is 0 Å². The van der Waals surface area contributed by atoms with E-state index in [2.05, 4.69) is 67.0 Å². The summed E-state index contributed by atoms with van der Waals surface area (Å²) in [5, 5.41) is 0. The molecule has 1 heterocycles. The zero-order valence-electron chi connectivity index (χ0n) is 10.5. The number of hydrogen-bond donors (Lipinski definition) is 0. The van der Waals surface area contributed by atoms with Crippen LogP contribution in [-0.2, 0) is 6.42 Å². The lowest BCUT2D eigenvalue weighted by Crippen LogP contribution is -1.94. The van der Waals surface area contributed by atoms with E-state index in [9.17, 15) is 0 Å². The third kappa shape index (κ3) is 3.20. The minimum absolute atomic E-state index is 0.434. The second-order valence-electron chi connectivity index (χ2n) is 4.56. The van der Waals surface area contributed by atoms with Crippen molar-refractivity contribution in [2.24, 2.45) is 0 Å². The summed E-state index contributed by atoms with van der Waals surface area (Å²) in [6, 6.07) is 11.1. The fraction of sp³-hybridized carbons (Fsp3) is 0.333. The smallest absolute Gasteiger partial charge is 0.0532 e. The van der Waals surface area contributed by atoms with E-state index in [1.54, 1.807) is 0 Å². The Morgan fingerprint density at radius 1 is 1.12 bits per heavy atom. The molecule has 17 heavy (non-hydrogen) atoms. The van der Waals surface area contributed by atoms with E-state index < -0.39 is 0 Å². The van der Waals surface area contributed by atoms with Gasteiger partial charge in [0.05, 0.1) is 4.83 Å². The van der Waals surface area contributed by atoms with Crippen molar-refractivity contribution >= 4 is 27.3 Å². The summed E-state index contributed by atoms with van der Waals surface area (Å²) < 4.78 is 0. The number of aryl methyl sites for hydroxylation is 3. The molecule has 0 fully saturated rings. The van der Waals surface area contributed by atoms with Gasteiger partial charge in [-0.1, -0.05) is 45.8 Å². The van der Waals surface area contributed by atoms with Gasteiger partial charge in [0.25, 0.3) is 0 Å². The van der Waals surface area contributed by atoms with Crippen molar-refractivity contribution in [1.29, 1.82) is 0 Å². The van der Waals surface area contributed by atoms with Gasteiger partial charge in [-0.3, -0.25) is 0 Å². The minimum atomic E-state index is 0.434. The molecule has 0 N–H and O–H groups in total. The number of alkyl halides is 1. The van der Waals surface area contributed by atoms with Crippen LogP contribution in [0.4, 0.5) is 0 Å². The van der Waals surface area contributed by atoms with Crippen LogP contribution in [-0.4, -0.2) is 0 Å². The number of rotatable bonds is 3. The molecule has 1 aromatic heterocycles. The molecule has 0 saturated heterocycles. The van der Waals surface area contributed by atoms with Crippen LogP contribution in [0.1, 0.15) is 31.3 Å². The molecule has 0 bridgehead atoms. The summed E-state index contributed by atoms with van der Waals surface area (Å²) in [5.41, 5.74) is 4.12. The van der Waals surface area contributed by atoms with E-state index >= 15 is 0 Å². The van der Waals surface area contributed by atoms with Gasteiger partial charge in [-0.2, -0.15) is 0 Å². The van der Waals surface area contributed by atoms with E-state index in [1.165, 1.54) is 26.4 Å². The third-order valence-corrected chi connectivity index (χ3v) is 5.25. The summed E-state index contributed by atoms with van der Waals surface area (Å²) in [4.78, 5) is 3.29. The summed E-state index contributed by atoms with van der Waals surface area (Å²) in [6.07, 6.45) is 1.06. The molecule has 90 valence electrons. The second-order valence-corrected chi connectivity index (χ2v) is 6.95. The Morgan fingerprint density at radius 3 is 2.29 bits per heavy atom. The molecule has 0 aliphatic rings. The van der Waals surface area contributed by atoms with Crippen LogP contribution in [0.3, 0.4) is 0 Å². The highest BCUT2D eigenvalue weighted by Gasteiger charge is 2.13. The molecule has 0 amide bonds.